The fourth-order valence-corrected chi connectivity index (χ4v) is 5.04. The highest BCUT2D eigenvalue weighted by Crippen LogP contribution is 2.31. The molecule has 0 aromatic carbocycles. The predicted octanol–water partition coefficient (Wildman–Crippen LogP) is 0.612. The molecule has 0 saturated carbocycles. The Morgan fingerprint density at radius 2 is 2.25 bits per heavy atom. The number of aromatic amines is 1. The Morgan fingerprint density at radius 1 is 1.45 bits per heavy atom. The number of nitrogens with one attached hydrogen (secondary N) is 3. The monoisotopic (exact) mass is 380 g/mol. The Kier molecular flexibility index (Phi) is 5.21. The van der Waals surface area contributed by atoms with E-state index in [1.54, 1.807) is 6.07 Å². The molecule has 2 aromatic heterocycles. The van der Waals surface area contributed by atoms with Crippen molar-refractivity contribution in [2.75, 3.05) is 6.54 Å². The molecule has 3 N–H and O–H groups in total. The molecule has 0 unspecified atom stereocenters. The third kappa shape index (κ3) is 3.82. The van der Waals surface area contributed by atoms with Crippen LogP contribution >= 0.6 is 27.3 Å². The fraction of sp³-hybridized carbons (Fsp3) is 0.444. The van der Waals surface area contributed by atoms with Gasteiger partial charge in [0.05, 0.1) is 10.3 Å². The van der Waals surface area contributed by atoms with Gasteiger partial charge in [-0.2, -0.15) is 5.21 Å². The zero-order chi connectivity index (χ0) is 14.6. The van der Waals surface area contributed by atoms with E-state index in [4.69, 9.17) is 0 Å². The summed E-state index contributed by atoms with van der Waals surface area (Å²) in [7, 11) is -3.61. The summed E-state index contributed by atoms with van der Waals surface area (Å²) in [6.45, 7) is 3.45. The zero-order valence-corrected chi connectivity index (χ0v) is 13.8. The van der Waals surface area contributed by atoms with Crippen LogP contribution in [0.1, 0.15) is 17.6 Å². The number of sulfonamides is 1. The Labute approximate surface area is 128 Å². The molecule has 0 radical (unpaired) electrons. The summed E-state index contributed by atoms with van der Waals surface area (Å²) < 4.78 is 27.4. The summed E-state index contributed by atoms with van der Waals surface area (Å²) in [6.07, 6.45) is 0. The molecule has 20 heavy (non-hydrogen) atoms. The standard InChI is InChI=1S/C9H13BrN6O2S2/c1-2-11-4-6-3-7(9(10)19-6)20(17,18)12-5-8-13-15-16-14-8/h3,11-12H,2,4-5H2,1H3,(H,13,14,15,16). The first kappa shape index (κ1) is 15.5. The quantitative estimate of drug-likeness (QED) is 0.648. The van der Waals surface area contributed by atoms with E-state index in [1.807, 2.05) is 6.92 Å². The second-order valence-electron chi connectivity index (χ2n) is 3.78. The van der Waals surface area contributed by atoms with Gasteiger partial charge in [0.2, 0.25) is 10.0 Å². The molecule has 8 nitrogen and oxygen atoms in total. The first-order chi connectivity index (χ1) is 9.53. The molecule has 11 heteroatoms. The van der Waals surface area contributed by atoms with Crippen LogP contribution in [-0.2, 0) is 23.1 Å². The summed E-state index contributed by atoms with van der Waals surface area (Å²) in [5.74, 6) is 0.285. The SMILES string of the molecule is CCNCc1cc(S(=O)(=O)NCc2nn[nH]n2)c(Br)s1. The maximum Gasteiger partial charge on any atom is 0.242 e. The van der Waals surface area contributed by atoms with E-state index in [0.29, 0.717) is 10.3 Å². The van der Waals surface area contributed by atoms with Crippen LogP contribution < -0.4 is 10.0 Å². The summed E-state index contributed by atoms with van der Waals surface area (Å²) in [5.41, 5.74) is 0. The topological polar surface area (TPSA) is 113 Å². The molecule has 0 atom stereocenters. The highest BCUT2D eigenvalue weighted by Gasteiger charge is 2.21. The summed E-state index contributed by atoms with van der Waals surface area (Å²) in [6, 6.07) is 1.65. The largest absolute Gasteiger partial charge is 0.312 e. The normalized spacial score (nSPS) is 11.9. The lowest BCUT2D eigenvalue weighted by atomic mass is 10.4. The van der Waals surface area contributed by atoms with Crippen molar-refractivity contribution in [1.29, 1.82) is 0 Å². The van der Waals surface area contributed by atoms with Crippen molar-refractivity contribution in [2.24, 2.45) is 0 Å². The molecule has 0 fully saturated rings. The molecule has 0 amide bonds. The van der Waals surface area contributed by atoms with Crippen molar-refractivity contribution in [3.8, 4) is 0 Å². The average Bonchev–Trinajstić information content (AvgIpc) is 3.03. The number of thiophene rings is 1. The van der Waals surface area contributed by atoms with Gasteiger partial charge in [0.25, 0.3) is 0 Å². The summed E-state index contributed by atoms with van der Waals surface area (Å²) in [4.78, 5) is 1.16. The van der Waals surface area contributed by atoms with Gasteiger partial charge in [-0.3, -0.25) is 0 Å². The number of aromatic nitrogens is 4. The van der Waals surface area contributed by atoms with E-state index in [2.05, 4.69) is 46.6 Å². The highest BCUT2D eigenvalue weighted by molar-refractivity contribution is 9.11. The zero-order valence-electron chi connectivity index (χ0n) is 10.6. The Bertz CT molecular complexity index is 654. The lowest BCUT2D eigenvalue weighted by Gasteiger charge is -2.02. The van der Waals surface area contributed by atoms with E-state index in [1.165, 1.54) is 11.3 Å². The summed E-state index contributed by atoms with van der Waals surface area (Å²) in [5, 5.41) is 16.2. The van der Waals surface area contributed by atoms with E-state index < -0.39 is 10.0 Å². The van der Waals surface area contributed by atoms with Gasteiger partial charge in [-0.1, -0.05) is 12.1 Å². The van der Waals surface area contributed by atoms with Gasteiger partial charge in [-0.05, 0) is 28.5 Å². The number of tetrazole rings is 1. The number of nitrogens with zero attached hydrogens (tertiary/aromatic N) is 3. The molecule has 0 aliphatic carbocycles. The number of H-pyrrole nitrogens is 1. The van der Waals surface area contributed by atoms with Crippen LogP contribution in [0, 0.1) is 0 Å². The van der Waals surface area contributed by atoms with Gasteiger partial charge < -0.3 is 5.32 Å². The molecule has 2 rings (SSSR count). The minimum absolute atomic E-state index is 0.0103. The van der Waals surface area contributed by atoms with Crippen molar-refractivity contribution < 1.29 is 8.42 Å². The fourth-order valence-electron chi connectivity index (χ4n) is 1.41. The molecule has 0 aliphatic heterocycles. The van der Waals surface area contributed by atoms with Crippen molar-refractivity contribution in [3.63, 3.8) is 0 Å². The molecule has 2 aromatic rings. The minimum atomic E-state index is -3.61. The van der Waals surface area contributed by atoms with Crippen molar-refractivity contribution in [3.05, 3.63) is 20.6 Å². The van der Waals surface area contributed by atoms with Crippen LogP contribution in [0.4, 0.5) is 0 Å². The Morgan fingerprint density at radius 3 is 2.90 bits per heavy atom. The number of rotatable bonds is 7. The number of hydrogen-bond donors (Lipinski definition) is 3. The third-order valence-electron chi connectivity index (χ3n) is 2.35. The first-order valence-corrected chi connectivity index (χ1v) is 8.83. The molecule has 2 heterocycles. The Hall–Kier alpha value is -0.880. The molecular formula is C9H13BrN6O2S2. The maximum absolute atomic E-state index is 12.2. The van der Waals surface area contributed by atoms with Crippen LogP contribution in [-0.4, -0.2) is 35.6 Å². The van der Waals surface area contributed by atoms with Crippen molar-refractivity contribution in [1.82, 2.24) is 30.7 Å². The van der Waals surface area contributed by atoms with Crippen LogP contribution in [0.3, 0.4) is 0 Å². The van der Waals surface area contributed by atoms with E-state index in [-0.39, 0.29) is 17.3 Å². The number of halogens is 1. The van der Waals surface area contributed by atoms with Gasteiger partial charge in [-0.25, -0.2) is 13.1 Å². The van der Waals surface area contributed by atoms with E-state index >= 15 is 0 Å². The summed E-state index contributed by atoms with van der Waals surface area (Å²) >= 11 is 4.68. The van der Waals surface area contributed by atoms with Crippen LogP contribution in [0.2, 0.25) is 0 Å². The lowest BCUT2D eigenvalue weighted by Crippen LogP contribution is -2.23. The van der Waals surface area contributed by atoms with Gasteiger partial charge in [-0.15, -0.1) is 21.5 Å². The average molecular weight is 381 g/mol. The molecule has 0 saturated heterocycles. The molecule has 0 spiro atoms. The molecule has 0 aliphatic rings. The van der Waals surface area contributed by atoms with Crippen LogP contribution in [0.25, 0.3) is 0 Å². The molecular weight excluding hydrogens is 368 g/mol. The van der Waals surface area contributed by atoms with Crippen LogP contribution in [0.5, 0.6) is 0 Å². The van der Waals surface area contributed by atoms with Gasteiger partial charge in [0.1, 0.15) is 4.90 Å². The van der Waals surface area contributed by atoms with Gasteiger partial charge in [0, 0.05) is 11.4 Å². The Balaban J connectivity index is 2.10. The second kappa shape index (κ2) is 6.72. The lowest BCUT2D eigenvalue weighted by molar-refractivity contribution is 0.579. The van der Waals surface area contributed by atoms with Gasteiger partial charge >= 0.3 is 0 Å². The maximum atomic E-state index is 12.2. The predicted molar refractivity (Wildman–Crippen MR) is 77.6 cm³/mol. The van der Waals surface area contributed by atoms with Crippen molar-refractivity contribution in [2.45, 2.75) is 24.9 Å². The first-order valence-electron chi connectivity index (χ1n) is 5.74. The molecule has 110 valence electrons. The second-order valence-corrected chi connectivity index (χ2v) is 7.97. The smallest absolute Gasteiger partial charge is 0.242 e. The highest BCUT2D eigenvalue weighted by atomic mass is 79.9. The van der Waals surface area contributed by atoms with Gasteiger partial charge in [0.15, 0.2) is 5.82 Å². The molecule has 0 bridgehead atoms. The van der Waals surface area contributed by atoms with Crippen LogP contribution in [0.15, 0.2) is 14.7 Å². The number of hydrogen-bond acceptors (Lipinski definition) is 7. The minimum Gasteiger partial charge on any atom is -0.312 e. The third-order valence-corrected chi connectivity index (χ3v) is 6.01. The van der Waals surface area contributed by atoms with Crippen molar-refractivity contribution >= 4 is 37.3 Å². The van der Waals surface area contributed by atoms with E-state index in [9.17, 15) is 8.42 Å². The van der Waals surface area contributed by atoms with E-state index in [0.717, 1.165) is 11.4 Å².